The molecule has 0 fully saturated rings. The molecular weight excluding hydrogens is 285 g/mol. The average Bonchev–Trinajstić information content (AvgIpc) is 2.96. The highest BCUT2D eigenvalue weighted by Gasteiger charge is 2.22. The van der Waals surface area contributed by atoms with Gasteiger partial charge in [0.25, 0.3) is 0 Å². The van der Waals surface area contributed by atoms with E-state index >= 15 is 0 Å². The first-order chi connectivity index (χ1) is 10.3. The van der Waals surface area contributed by atoms with Crippen LogP contribution in [-0.2, 0) is 0 Å². The summed E-state index contributed by atoms with van der Waals surface area (Å²) in [6, 6.07) is 11.6. The first kappa shape index (κ1) is 12.7. The van der Waals surface area contributed by atoms with Gasteiger partial charge in [-0.15, -0.1) is 11.8 Å². The van der Waals surface area contributed by atoms with E-state index in [1.165, 1.54) is 6.07 Å². The molecule has 3 nitrogen and oxygen atoms in total. The third kappa shape index (κ3) is 2.27. The van der Waals surface area contributed by atoms with E-state index in [0.717, 1.165) is 39.2 Å². The molecule has 2 N–H and O–H groups in total. The molecule has 3 aromatic rings. The van der Waals surface area contributed by atoms with Crippen LogP contribution < -0.4 is 5.32 Å². The molecule has 106 valence electrons. The Kier molecular flexibility index (Phi) is 3.07. The van der Waals surface area contributed by atoms with Crippen LogP contribution in [0.25, 0.3) is 10.9 Å². The van der Waals surface area contributed by atoms with Gasteiger partial charge in [-0.05, 0) is 36.2 Å². The van der Waals surface area contributed by atoms with Crippen molar-refractivity contribution in [3.63, 3.8) is 0 Å². The summed E-state index contributed by atoms with van der Waals surface area (Å²) in [4.78, 5) is 0.781. The number of nitrogens with one attached hydrogen (secondary N) is 2. The van der Waals surface area contributed by atoms with Crippen LogP contribution in [0.1, 0.15) is 18.0 Å². The zero-order valence-electron chi connectivity index (χ0n) is 11.3. The van der Waals surface area contributed by atoms with E-state index in [2.05, 4.69) is 15.5 Å². The average molecular weight is 299 g/mol. The maximum absolute atomic E-state index is 13.9. The molecule has 1 aliphatic heterocycles. The maximum Gasteiger partial charge on any atom is 0.137 e. The van der Waals surface area contributed by atoms with Crippen molar-refractivity contribution in [1.82, 2.24) is 10.2 Å². The lowest BCUT2D eigenvalue weighted by Gasteiger charge is -2.27. The van der Waals surface area contributed by atoms with Crippen LogP contribution in [0.5, 0.6) is 0 Å². The summed E-state index contributed by atoms with van der Waals surface area (Å²) < 4.78 is 13.9. The van der Waals surface area contributed by atoms with Gasteiger partial charge in [-0.2, -0.15) is 5.10 Å². The molecule has 0 saturated heterocycles. The summed E-state index contributed by atoms with van der Waals surface area (Å²) >= 11 is 1.60. The Morgan fingerprint density at radius 3 is 3.19 bits per heavy atom. The standard InChI is InChI=1S/C16H14FN3S/c17-13-3-1-2-12-14(6-7-21-16(12)13)19-11-5-4-10-9-18-20-15(10)8-11/h1-5,8-9,14,19H,6-7H2,(H,18,20). The second-order valence-electron chi connectivity index (χ2n) is 5.16. The van der Waals surface area contributed by atoms with Gasteiger partial charge in [0.15, 0.2) is 0 Å². The third-order valence-electron chi connectivity index (χ3n) is 3.81. The second kappa shape index (κ2) is 5.07. The van der Waals surface area contributed by atoms with Gasteiger partial charge in [-0.25, -0.2) is 4.39 Å². The number of nitrogens with zero attached hydrogens (tertiary/aromatic N) is 1. The predicted molar refractivity (Wildman–Crippen MR) is 84.2 cm³/mol. The summed E-state index contributed by atoms with van der Waals surface area (Å²) in [7, 11) is 0. The monoisotopic (exact) mass is 299 g/mol. The number of hydrogen-bond donors (Lipinski definition) is 2. The molecule has 0 amide bonds. The molecule has 1 aliphatic rings. The lowest BCUT2D eigenvalue weighted by atomic mass is 10.0. The van der Waals surface area contributed by atoms with E-state index in [0.29, 0.717) is 0 Å². The van der Waals surface area contributed by atoms with E-state index in [1.54, 1.807) is 24.0 Å². The normalized spacial score (nSPS) is 17.7. The van der Waals surface area contributed by atoms with Gasteiger partial charge in [0.1, 0.15) is 5.82 Å². The fourth-order valence-corrected chi connectivity index (χ4v) is 3.91. The zero-order chi connectivity index (χ0) is 14.2. The van der Waals surface area contributed by atoms with Gasteiger partial charge >= 0.3 is 0 Å². The molecule has 1 aromatic heterocycles. The summed E-state index contributed by atoms with van der Waals surface area (Å²) in [6.07, 6.45) is 2.79. The first-order valence-electron chi connectivity index (χ1n) is 6.92. The van der Waals surface area contributed by atoms with Gasteiger partial charge in [-0.3, -0.25) is 5.10 Å². The van der Waals surface area contributed by atoms with Crippen molar-refractivity contribution in [3.05, 3.63) is 54.0 Å². The Balaban J connectivity index is 1.67. The van der Waals surface area contributed by atoms with Crippen LogP contribution in [-0.4, -0.2) is 16.0 Å². The van der Waals surface area contributed by atoms with E-state index in [9.17, 15) is 4.39 Å². The number of halogens is 1. The highest BCUT2D eigenvalue weighted by molar-refractivity contribution is 7.99. The fourth-order valence-electron chi connectivity index (χ4n) is 2.76. The van der Waals surface area contributed by atoms with Crippen molar-refractivity contribution in [1.29, 1.82) is 0 Å². The van der Waals surface area contributed by atoms with Crippen molar-refractivity contribution < 1.29 is 4.39 Å². The Bertz CT molecular complexity index is 799. The van der Waals surface area contributed by atoms with Gasteiger partial charge < -0.3 is 5.32 Å². The van der Waals surface area contributed by atoms with E-state index in [-0.39, 0.29) is 11.9 Å². The van der Waals surface area contributed by atoms with Crippen LogP contribution in [0.15, 0.2) is 47.5 Å². The van der Waals surface area contributed by atoms with E-state index in [4.69, 9.17) is 0 Å². The van der Waals surface area contributed by atoms with Crippen LogP contribution in [0.3, 0.4) is 0 Å². The SMILES string of the molecule is Fc1cccc2c1SCCC2Nc1ccc2cn[nH]c2c1. The summed E-state index contributed by atoms with van der Waals surface area (Å²) in [5, 5.41) is 11.6. The highest BCUT2D eigenvalue weighted by atomic mass is 32.2. The van der Waals surface area contributed by atoms with E-state index in [1.807, 2.05) is 24.3 Å². The number of rotatable bonds is 2. The number of anilines is 1. The predicted octanol–water partition coefficient (Wildman–Crippen LogP) is 4.35. The van der Waals surface area contributed by atoms with Gasteiger partial charge in [0.05, 0.1) is 17.8 Å². The summed E-state index contributed by atoms with van der Waals surface area (Å²) in [5.41, 5.74) is 3.08. The molecule has 0 radical (unpaired) electrons. The topological polar surface area (TPSA) is 40.7 Å². The maximum atomic E-state index is 13.9. The van der Waals surface area contributed by atoms with Crippen molar-refractivity contribution in [2.24, 2.45) is 0 Å². The number of hydrogen-bond acceptors (Lipinski definition) is 3. The number of H-pyrrole nitrogens is 1. The molecule has 1 atom stereocenters. The second-order valence-corrected chi connectivity index (χ2v) is 6.27. The van der Waals surface area contributed by atoms with Crippen LogP contribution in [0.4, 0.5) is 10.1 Å². The van der Waals surface area contributed by atoms with Crippen molar-refractivity contribution >= 4 is 28.4 Å². The Morgan fingerprint density at radius 1 is 1.29 bits per heavy atom. The molecule has 2 heterocycles. The number of thioether (sulfide) groups is 1. The van der Waals surface area contributed by atoms with Crippen molar-refractivity contribution in [3.8, 4) is 0 Å². The molecule has 1 unspecified atom stereocenters. The minimum absolute atomic E-state index is 0.118. The molecular formula is C16H14FN3S. The minimum atomic E-state index is -0.118. The zero-order valence-corrected chi connectivity index (χ0v) is 12.1. The number of fused-ring (bicyclic) bond motifs is 2. The molecule has 0 aliphatic carbocycles. The van der Waals surface area contributed by atoms with Crippen LogP contribution >= 0.6 is 11.8 Å². The third-order valence-corrected chi connectivity index (χ3v) is 4.97. The molecule has 0 spiro atoms. The summed E-state index contributed by atoms with van der Waals surface area (Å²) in [6.45, 7) is 0. The quantitative estimate of drug-likeness (QED) is 0.739. The largest absolute Gasteiger partial charge is 0.378 e. The lowest BCUT2D eigenvalue weighted by molar-refractivity contribution is 0.585. The highest BCUT2D eigenvalue weighted by Crippen LogP contribution is 2.39. The van der Waals surface area contributed by atoms with Crippen LogP contribution in [0.2, 0.25) is 0 Å². The Morgan fingerprint density at radius 2 is 2.24 bits per heavy atom. The molecule has 4 rings (SSSR count). The molecule has 5 heteroatoms. The Labute approximate surface area is 125 Å². The van der Waals surface area contributed by atoms with Crippen LogP contribution in [0, 0.1) is 5.82 Å². The van der Waals surface area contributed by atoms with Gasteiger partial charge in [-0.1, -0.05) is 12.1 Å². The number of aromatic amines is 1. The summed E-state index contributed by atoms with van der Waals surface area (Å²) in [5.74, 6) is 0.811. The molecule has 21 heavy (non-hydrogen) atoms. The molecule has 0 bridgehead atoms. The van der Waals surface area contributed by atoms with E-state index < -0.39 is 0 Å². The number of benzene rings is 2. The van der Waals surface area contributed by atoms with Gasteiger partial charge in [0, 0.05) is 21.7 Å². The number of aromatic nitrogens is 2. The van der Waals surface area contributed by atoms with Gasteiger partial charge in [0.2, 0.25) is 0 Å². The lowest BCUT2D eigenvalue weighted by Crippen LogP contribution is -2.16. The fraction of sp³-hybridized carbons (Fsp3) is 0.188. The molecule has 0 saturated carbocycles. The molecule has 2 aromatic carbocycles. The smallest absolute Gasteiger partial charge is 0.137 e. The Hall–Kier alpha value is -2.01. The minimum Gasteiger partial charge on any atom is -0.378 e. The van der Waals surface area contributed by atoms with Crippen molar-refractivity contribution in [2.45, 2.75) is 17.4 Å². The first-order valence-corrected chi connectivity index (χ1v) is 7.91. The van der Waals surface area contributed by atoms with Crippen molar-refractivity contribution in [2.75, 3.05) is 11.1 Å².